The fraction of sp³-hybridized carbons (Fsp3) is 0. The van der Waals surface area contributed by atoms with Crippen LogP contribution in [0.5, 0.6) is 0 Å². The molecule has 0 saturated carbocycles. The molecule has 5 rings (SSSR count). The van der Waals surface area contributed by atoms with Crippen molar-refractivity contribution < 1.29 is 0 Å². The SMILES string of the molecule is c1csc(-c2csc(-c3csc(-c4csc(-c5cscn5)n4)n3)n2)n1. The molecule has 0 amide bonds. The van der Waals surface area contributed by atoms with Crippen molar-refractivity contribution in [1.29, 1.82) is 0 Å². The predicted octanol–water partition coefficient (Wildman–Crippen LogP) is 5.64. The Kier molecular flexibility index (Phi) is 3.98. The van der Waals surface area contributed by atoms with Gasteiger partial charge in [0.25, 0.3) is 0 Å². The molecule has 5 heterocycles. The maximum atomic E-state index is 4.72. The monoisotopic (exact) mass is 417 g/mol. The van der Waals surface area contributed by atoms with E-state index in [0.29, 0.717) is 0 Å². The average molecular weight is 418 g/mol. The van der Waals surface area contributed by atoms with Crippen LogP contribution in [0.2, 0.25) is 0 Å². The Labute approximate surface area is 162 Å². The van der Waals surface area contributed by atoms with Crippen LogP contribution < -0.4 is 0 Å². The molecule has 5 nitrogen and oxygen atoms in total. The molecule has 10 heteroatoms. The first-order valence-electron chi connectivity index (χ1n) is 7.02. The second-order valence-electron chi connectivity index (χ2n) is 4.82. The first-order chi connectivity index (χ1) is 12.4. The molecular formula is C15H7N5S5. The van der Waals surface area contributed by atoms with Crippen molar-refractivity contribution in [1.82, 2.24) is 24.9 Å². The molecule has 0 aliphatic heterocycles. The number of thiazole rings is 5. The van der Waals surface area contributed by atoms with Crippen LogP contribution in [0.3, 0.4) is 0 Å². The first-order valence-corrected chi connectivity index (χ1v) is 11.5. The van der Waals surface area contributed by atoms with Crippen LogP contribution in [-0.4, -0.2) is 24.9 Å². The molecule has 0 atom stereocenters. The highest BCUT2D eigenvalue weighted by Gasteiger charge is 2.15. The van der Waals surface area contributed by atoms with Gasteiger partial charge in [-0.15, -0.1) is 56.7 Å². The summed E-state index contributed by atoms with van der Waals surface area (Å²) in [4.78, 5) is 22.7. The minimum atomic E-state index is 0.885. The summed E-state index contributed by atoms with van der Waals surface area (Å²) in [7, 11) is 0. The lowest BCUT2D eigenvalue weighted by Crippen LogP contribution is -1.81. The molecule has 0 bridgehead atoms. The summed E-state index contributed by atoms with van der Waals surface area (Å²) < 4.78 is 0. The van der Waals surface area contributed by atoms with Gasteiger partial charge in [0.1, 0.15) is 42.8 Å². The zero-order valence-corrected chi connectivity index (χ0v) is 16.4. The van der Waals surface area contributed by atoms with Gasteiger partial charge in [-0.05, 0) is 0 Å². The van der Waals surface area contributed by atoms with Crippen LogP contribution in [0.1, 0.15) is 0 Å². The smallest absolute Gasteiger partial charge is 0.143 e. The van der Waals surface area contributed by atoms with Crippen molar-refractivity contribution in [2.75, 3.05) is 0 Å². The lowest BCUT2D eigenvalue weighted by molar-refractivity contribution is 1.30. The average Bonchev–Trinajstić information content (AvgIpc) is 3.48. The molecule has 0 aromatic carbocycles. The van der Waals surface area contributed by atoms with Crippen molar-refractivity contribution in [3.05, 3.63) is 38.6 Å². The predicted molar refractivity (Wildman–Crippen MR) is 107 cm³/mol. The highest BCUT2D eigenvalue weighted by molar-refractivity contribution is 7.17. The van der Waals surface area contributed by atoms with Gasteiger partial charge in [0.15, 0.2) is 0 Å². The molecule has 0 aliphatic rings. The second-order valence-corrected chi connectivity index (χ2v) is 9.01. The van der Waals surface area contributed by atoms with Crippen molar-refractivity contribution >= 4 is 56.7 Å². The van der Waals surface area contributed by atoms with E-state index in [1.807, 2.05) is 32.4 Å². The normalized spacial score (nSPS) is 11.2. The minimum Gasteiger partial charge on any atom is -0.243 e. The van der Waals surface area contributed by atoms with Crippen molar-refractivity contribution in [3.63, 3.8) is 0 Å². The Morgan fingerprint density at radius 1 is 0.560 bits per heavy atom. The number of hydrogen-bond acceptors (Lipinski definition) is 10. The fourth-order valence-electron chi connectivity index (χ4n) is 2.14. The van der Waals surface area contributed by atoms with E-state index in [0.717, 1.165) is 42.8 Å². The van der Waals surface area contributed by atoms with Crippen LogP contribution in [0.25, 0.3) is 42.8 Å². The summed E-state index contributed by atoms with van der Waals surface area (Å²) in [6.45, 7) is 0. The van der Waals surface area contributed by atoms with E-state index in [-0.39, 0.29) is 0 Å². The molecule has 0 N–H and O–H groups in total. The van der Waals surface area contributed by atoms with E-state index in [2.05, 4.69) is 19.9 Å². The van der Waals surface area contributed by atoms with Gasteiger partial charge in [-0.3, -0.25) is 0 Å². The van der Waals surface area contributed by atoms with E-state index in [1.165, 1.54) is 0 Å². The third-order valence-corrected chi connectivity index (χ3v) is 7.23. The third-order valence-electron chi connectivity index (χ3n) is 3.25. The van der Waals surface area contributed by atoms with Crippen molar-refractivity contribution in [2.24, 2.45) is 0 Å². The van der Waals surface area contributed by atoms with E-state index < -0.39 is 0 Å². The molecule has 0 radical (unpaired) electrons. The van der Waals surface area contributed by atoms with Gasteiger partial charge in [-0.2, -0.15) is 0 Å². The number of nitrogens with zero attached hydrogens (tertiary/aromatic N) is 5. The molecule has 0 unspecified atom stereocenters. The van der Waals surface area contributed by atoms with Crippen LogP contribution in [0.4, 0.5) is 0 Å². The molecule has 5 aromatic heterocycles. The summed E-state index contributed by atoms with van der Waals surface area (Å²) in [6.07, 6.45) is 1.79. The zero-order valence-electron chi connectivity index (χ0n) is 12.3. The number of rotatable bonds is 4. The van der Waals surface area contributed by atoms with Gasteiger partial charge >= 0.3 is 0 Å². The van der Waals surface area contributed by atoms with E-state index in [4.69, 9.17) is 4.98 Å². The maximum absolute atomic E-state index is 4.72. The zero-order chi connectivity index (χ0) is 16.6. The van der Waals surface area contributed by atoms with Crippen LogP contribution in [0, 0.1) is 0 Å². The Morgan fingerprint density at radius 2 is 1.16 bits per heavy atom. The summed E-state index contributed by atoms with van der Waals surface area (Å²) in [5.41, 5.74) is 5.42. The Bertz CT molecular complexity index is 1020. The lowest BCUT2D eigenvalue weighted by Gasteiger charge is -1.89. The maximum Gasteiger partial charge on any atom is 0.143 e. The van der Waals surface area contributed by atoms with Gasteiger partial charge < -0.3 is 0 Å². The standard InChI is InChI=1S/C15H7N5S5/c1-2-22-12(16-1)9-4-24-14(18-9)11-6-25-15(20-11)10-5-23-13(19-10)8-3-21-7-17-8/h1-7H. The van der Waals surface area contributed by atoms with Crippen LogP contribution in [0.15, 0.2) is 38.6 Å². The van der Waals surface area contributed by atoms with Gasteiger partial charge in [0.2, 0.25) is 0 Å². The molecule has 122 valence electrons. The minimum absolute atomic E-state index is 0.885. The molecular weight excluding hydrogens is 411 g/mol. The Hall–Kier alpha value is -1.85. The molecule has 5 aromatic rings. The van der Waals surface area contributed by atoms with E-state index in [9.17, 15) is 0 Å². The highest BCUT2D eigenvalue weighted by atomic mass is 32.1. The number of aromatic nitrogens is 5. The van der Waals surface area contributed by atoms with E-state index in [1.54, 1.807) is 62.9 Å². The molecule has 25 heavy (non-hydrogen) atoms. The summed E-state index contributed by atoms with van der Waals surface area (Å²) in [5, 5.41) is 13.7. The van der Waals surface area contributed by atoms with Crippen LogP contribution in [-0.2, 0) is 0 Å². The summed E-state index contributed by atoms with van der Waals surface area (Å²) in [6, 6.07) is 0. The lowest BCUT2D eigenvalue weighted by atomic mass is 10.4. The van der Waals surface area contributed by atoms with Gasteiger partial charge in [0.05, 0.1) is 5.51 Å². The summed E-state index contributed by atoms with van der Waals surface area (Å²) >= 11 is 7.92. The third kappa shape index (κ3) is 2.96. The summed E-state index contributed by atoms with van der Waals surface area (Å²) in [5.74, 6) is 0. The molecule has 0 aliphatic carbocycles. The van der Waals surface area contributed by atoms with Gasteiger partial charge in [-0.1, -0.05) is 0 Å². The largest absolute Gasteiger partial charge is 0.243 e. The highest BCUT2D eigenvalue weighted by Crippen LogP contribution is 2.34. The fourth-order valence-corrected chi connectivity index (χ4v) is 5.87. The van der Waals surface area contributed by atoms with Gasteiger partial charge in [0, 0.05) is 33.1 Å². The Morgan fingerprint density at radius 3 is 1.68 bits per heavy atom. The molecule has 0 spiro atoms. The quantitative estimate of drug-likeness (QED) is 0.379. The topological polar surface area (TPSA) is 64.5 Å². The molecule has 0 saturated heterocycles. The number of hydrogen-bond donors (Lipinski definition) is 0. The van der Waals surface area contributed by atoms with Crippen molar-refractivity contribution in [3.8, 4) is 42.8 Å². The second kappa shape index (κ2) is 6.46. The first kappa shape index (κ1) is 15.4. The van der Waals surface area contributed by atoms with Crippen LogP contribution >= 0.6 is 56.7 Å². The van der Waals surface area contributed by atoms with Gasteiger partial charge in [-0.25, -0.2) is 24.9 Å². The van der Waals surface area contributed by atoms with Crippen molar-refractivity contribution in [2.45, 2.75) is 0 Å². The molecule has 0 fully saturated rings. The van der Waals surface area contributed by atoms with E-state index >= 15 is 0 Å². The Balaban J connectivity index is 1.44.